The lowest BCUT2D eigenvalue weighted by atomic mass is 10.1. The van der Waals surface area contributed by atoms with E-state index in [-0.39, 0.29) is 5.69 Å². The smallest absolute Gasteiger partial charge is 0.355 e. The number of rotatable bonds is 6. The van der Waals surface area contributed by atoms with E-state index in [9.17, 15) is 4.79 Å². The van der Waals surface area contributed by atoms with Crippen LogP contribution in [0.1, 0.15) is 40.5 Å². The molecule has 2 aromatic rings. The molecular weight excluding hydrogens is 286 g/mol. The molecular formula is C16H19NO3S. The minimum Gasteiger partial charge on any atom is -0.493 e. The summed E-state index contributed by atoms with van der Waals surface area (Å²) in [5.41, 5.74) is 2.30. The molecule has 0 saturated heterocycles. The molecule has 0 aliphatic heterocycles. The van der Waals surface area contributed by atoms with Crippen LogP contribution >= 0.6 is 11.3 Å². The number of hydrogen-bond acceptors (Lipinski definition) is 4. The molecule has 0 bridgehead atoms. The molecule has 0 unspecified atom stereocenters. The monoisotopic (exact) mass is 305 g/mol. The van der Waals surface area contributed by atoms with E-state index in [2.05, 4.69) is 24.9 Å². The molecule has 112 valence electrons. The number of benzene rings is 1. The van der Waals surface area contributed by atoms with E-state index in [1.165, 1.54) is 11.3 Å². The zero-order valence-corrected chi connectivity index (χ0v) is 13.2. The van der Waals surface area contributed by atoms with E-state index in [4.69, 9.17) is 9.84 Å². The maximum Gasteiger partial charge on any atom is 0.355 e. The lowest BCUT2D eigenvalue weighted by molar-refractivity contribution is 0.0691. The Morgan fingerprint density at radius 1 is 1.43 bits per heavy atom. The molecule has 1 aromatic carbocycles. The Balaban J connectivity index is 2.20. The Morgan fingerprint density at radius 3 is 2.81 bits per heavy atom. The van der Waals surface area contributed by atoms with E-state index in [0.717, 1.165) is 21.9 Å². The molecule has 0 spiro atoms. The quantitative estimate of drug-likeness (QED) is 0.882. The Hall–Kier alpha value is -1.88. The van der Waals surface area contributed by atoms with Gasteiger partial charge >= 0.3 is 5.97 Å². The summed E-state index contributed by atoms with van der Waals surface area (Å²) in [6.07, 6.45) is 0.590. The Kier molecular flexibility index (Phi) is 4.96. The highest BCUT2D eigenvalue weighted by atomic mass is 32.1. The molecule has 4 nitrogen and oxygen atoms in total. The summed E-state index contributed by atoms with van der Waals surface area (Å²) in [5, 5.41) is 11.3. The van der Waals surface area contributed by atoms with Gasteiger partial charge in [0.1, 0.15) is 5.75 Å². The highest BCUT2D eigenvalue weighted by molar-refractivity contribution is 7.09. The maximum atomic E-state index is 10.9. The molecule has 1 N–H and O–H groups in total. The summed E-state index contributed by atoms with van der Waals surface area (Å²) < 4.78 is 5.84. The van der Waals surface area contributed by atoms with Gasteiger partial charge in [-0.3, -0.25) is 0 Å². The number of carbonyl (C=O) groups is 1. The average Bonchev–Trinajstić information content (AvgIpc) is 2.86. The zero-order chi connectivity index (χ0) is 15.4. The molecule has 0 amide bonds. The third-order valence-electron chi connectivity index (χ3n) is 2.90. The van der Waals surface area contributed by atoms with Crippen molar-refractivity contribution in [2.24, 2.45) is 5.92 Å². The molecule has 1 aromatic heterocycles. The molecule has 0 saturated carbocycles. The summed E-state index contributed by atoms with van der Waals surface area (Å²) in [7, 11) is 0. The minimum absolute atomic E-state index is 0.104. The summed E-state index contributed by atoms with van der Waals surface area (Å²) in [5.74, 6) is 0.317. The van der Waals surface area contributed by atoms with Crippen LogP contribution in [0, 0.1) is 12.8 Å². The van der Waals surface area contributed by atoms with Gasteiger partial charge in [0.05, 0.1) is 11.6 Å². The van der Waals surface area contributed by atoms with Crippen LogP contribution in [0.2, 0.25) is 0 Å². The van der Waals surface area contributed by atoms with Gasteiger partial charge in [-0.1, -0.05) is 31.5 Å². The van der Waals surface area contributed by atoms with Gasteiger partial charge in [-0.05, 0) is 18.9 Å². The Labute approximate surface area is 128 Å². The Morgan fingerprint density at radius 2 is 2.19 bits per heavy atom. The number of carboxylic acid groups (broad SMARTS) is 1. The van der Waals surface area contributed by atoms with Gasteiger partial charge in [-0.2, -0.15) is 0 Å². The van der Waals surface area contributed by atoms with Crippen LogP contribution in [0.5, 0.6) is 5.75 Å². The van der Waals surface area contributed by atoms with Gasteiger partial charge in [-0.15, -0.1) is 11.3 Å². The van der Waals surface area contributed by atoms with Crippen LogP contribution in [-0.2, 0) is 6.42 Å². The van der Waals surface area contributed by atoms with Crippen LogP contribution in [0.4, 0.5) is 0 Å². The fraction of sp³-hybridized carbons (Fsp3) is 0.375. The van der Waals surface area contributed by atoms with Crippen molar-refractivity contribution in [3.63, 3.8) is 0 Å². The SMILES string of the molecule is Cc1ccc(OCC(C)C)c(Cc2nc(C(=O)O)cs2)c1. The summed E-state index contributed by atoms with van der Waals surface area (Å²) >= 11 is 1.36. The molecule has 1 heterocycles. The van der Waals surface area contributed by atoms with Crippen LogP contribution < -0.4 is 4.74 Å². The van der Waals surface area contributed by atoms with Gasteiger partial charge in [-0.25, -0.2) is 9.78 Å². The second-order valence-electron chi connectivity index (χ2n) is 5.42. The number of hydrogen-bond donors (Lipinski definition) is 1. The fourth-order valence-corrected chi connectivity index (χ4v) is 2.69. The van der Waals surface area contributed by atoms with Crippen molar-refractivity contribution in [2.45, 2.75) is 27.2 Å². The number of thiazole rings is 1. The summed E-state index contributed by atoms with van der Waals surface area (Å²) in [6, 6.07) is 6.06. The highest BCUT2D eigenvalue weighted by Gasteiger charge is 2.12. The predicted molar refractivity (Wildman–Crippen MR) is 83.4 cm³/mol. The summed E-state index contributed by atoms with van der Waals surface area (Å²) in [6.45, 7) is 6.90. The van der Waals surface area contributed by atoms with Crippen LogP contribution in [-0.4, -0.2) is 22.7 Å². The molecule has 21 heavy (non-hydrogen) atoms. The maximum absolute atomic E-state index is 10.9. The van der Waals surface area contributed by atoms with Gasteiger partial charge in [0.25, 0.3) is 0 Å². The summed E-state index contributed by atoms with van der Waals surface area (Å²) in [4.78, 5) is 15.0. The van der Waals surface area contributed by atoms with Gasteiger partial charge in [0, 0.05) is 17.4 Å². The number of aromatic nitrogens is 1. The molecule has 0 atom stereocenters. The van der Waals surface area contributed by atoms with Crippen molar-refractivity contribution in [3.05, 3.63) is 45.4 Å². The van der Waals surface area contributed by atoms with Crippen molar-refractivity contribution in [2.75, 3.05) is 6.61 Å². The first-order chi connectivity index (χ1) is 9.95. The third kappa shape index (κ3) is 4.29. The lowest BCUT2D eigenvalue weighted by Gasteiger charge is -2.13. The van der Waals surface area contributed by atoms with Gasteiger partial charge < -0.3 is 9.84 Å². The molecule has 2 rings (SSSR count). The second kappa shape index (κ2) is 6.72. The van der Waals surface area contributed by atoms with E-state index < -0.39 is 5.97 Å². The van der Waals surface area contributed by atoms with Crippen LogP contribution in [0.3, 0.4) is 0 Å². The molecule has 0 aliphatic carbocycles. The molecule has 0 radical (unpaired) electrons. The third-order valence-corrected chi connectivity index (χ3v) is 3.75. The van der Waals surface area contributed by atoms with Crippen molar-refractivity contribution in [1.82, 2.24) is 4.98 Å². The standard InChI is InChI=1S/C16H19NO3S/c1-10(2)8-20-14-5-4-11(3)6-12(14)7-15-17-13(9-21-15)16(18)19/h4-6,9-10H,7-8H2,1-3H3,(H,18,19). The van der Waals surface area contributed by atoms with Crippen molar-refractivity contribution < 1.29 is 14.6 Å². The van der Waals surface area contributed by atoms with Crippen LogP contribution in [0.15, 0.2) is 23.6 Å². The zero-order valence-electron chi connectivity index (χ0n) is 12.4. The van der Waals surface area contributed by atoms with Gasteiger partial charge in [0.2, 0.25) is 0 Å². The van der Waals surface area contributed by atoms with Crippen molar-refractivity contribution in [3.8, 4) is 5.75 Å². The predicted octanol–water partition coefficient (Wildman–Crippen LogP) is 3.78. The number of aromatic carboxylic acids is 1. The molecule has 5 heteroatoms. The Bertz CT molecular complexity index is 634. The van der Waals surface area contributed by atoms with Crippen LogP contribution in [0.25, 0.3) is 0 Å². The fourth-order valence-electron chi connectivity index (χ4n) is 1.90. The first kappa shape index (κ1) is 15.5. The second-order valence-corrected chi connectivity index (χ2v) is 6.37. The number of nitrogens with zero attached hydrogens (tertiary/aromatic N) is 1. The first-order valence-corrected chi connectivity index (χ1v) is 7.73. The van der Waals surface area contributed by atoms with Crippen molar-refractivity contribution >= 4 is 17.3 Å². The highest BCUT2D eigenvalue weighted by Crippen LogP contribution is 2.25. The molecule has 0 aliphatic rings. The minimum atomic E-state index is -0.988. The van der Waals surface area contributed by atoms with E-state index in [1.54, 1.807) is 5.38 Å². The normalized spacial score (nSPS) is 10.9. The van der Waals surface area contributed by atoms with Gasteiger partial charge in [0.15, 0.2) is 5.69 Å². The number of carboxylic acids is 1. The van der Waals surface area contributed by atoms with E-state index in [1.807, 2.05) is 19.1 Å². The average molecular weight is 305 g/mol. The van der Waals surface area contributed by atoms with E-state index in [0.29, 0.717) is 18.9 Å². The lowest BCUT2D eigenvalue weighted by Crippen LogP contribution is -2.06. The van der Waals surface area contributed by atoms with Crippen molar-refractivity contribution in [1.29, 1.82) is 0 Å². The van der Waals surface area contributed by atoms with E-state index >= 15 is 0 Å². The largest absolute Gasteiger partial charge is 0.493 e. The first-order valence-electron chi connectivity index (χ1n) is 6.85. The number of ether oxygens (including phenoxy) is 1. The molecule has 0 fully saturated rings. The number of aryl methyl sites for hydroxylation is 1. The topological polar surface area (TPSA) is 59.4 Å².